The first-order chi connectivity index (χ1) is 12.0. The van der Waals surface area contributed by atoms with Gasteiger partial charge < -0.3 is 14.9 Å². The molecule has 2 N–H and O–H groups in total. The Balaban J connectivity index is 1.73. The van der Waals surface area contributed by atoms with Crippen molar-refractivity contribution in [2.75, 3.05) is 19.7 Å². The zero-order valence-electron chi connectivity index (χ0n) is 13.9. The molecule has 0 saturated carbocycles. The quantitative estimate of drug-likeness (QED) is 0.852. The van der Waals surface area contributed by atoms with Crippen LogP contribution in [-0.2, 0) is 17.7 Å². The SMILES string of the molecule is CCc1oc(C(N)=O)cc1CN1CCOC(c2ccc(Cl)c(Cl)c2)C1. The van der Waals surface area contributed by atoms with Crippen molar-refractivity contribution in [3.63, 3.8) is 0 Å². The number of aryl methyl sites for hydroxylation is 1. The van der Waals surface area contributed by atoms with Gasteiger partial charge >= 0.3 is 0 Å². The van der Waals surface area contributed by atoms with E-state index in [1.165, 1.54) is 0 Å². The molecule has 1 saturated heterocycles. The minimum atomic E-state index is -0.545. The van der Waals surface area contributed by atoms with Gasteiger partial charge in [-0.15, -0.1) is 0 Å². The molecule has 134 valence electrons. The highest BCUT2D eigenvalue weighted by molar-refractivity contribution is 6.42. The Hall–Kier alpha value is -1.53. The van der Waals surface area contributed by atoms with Crippen molar-refractivity contribution in [1.82, 2.24) is 4.90 Å². The first kappa shape index (κ1) is 18.3. The predicted octanol–water partition coefficient (Wildman–Crippen LogP) is 3.82. The van der Waals surface area contributed by atoms with Crippen molar-refractivity contribution < 1.29 is 13.9 Å². The average molecular weight is 383 g/mol. The summed E-state index contributed by atoms with van der Waals surface area (Å²) in [4.78, 5) is 13.6. The van der Waals surface area contributed by atoms with E-state index < -0.39 is 5.91 Å². The molecule has 2 heterocycles. The van der Waals surface area contributed by atoms with Crippen molar-refractivity contribution in [2.24, 2.45) is 5.73 Å². The fourth-order valence-corrected chi connectivity index (χ4v) is 3.33. The molecule has 7 heteroatoms. The summed E-state index contributed by atoms with van der Waals surface area (Å²) in [5, 5.41) is 1.05. The number of carbonyl (C=O) groups is 1. The molecule has 3 rings (SSSR count). The van der Waals surface area contributed by atoms with Crippen LogP contribution in [0.25, 0.3) is 0 Å². The number of nitrogens with two attached hydrogens (primary N) is 1. The number of primary amides is 1. The lowest BCUT2D eigenvalue weighted by Crippen LogP contribution is -2.37. The number of hydrogen-bond donors (Lipinski definition) is 1. The summed E-state index contributed by atoms with van der Waals surface area (Å²) in [5.74, 6) is 0.462. The number of morpholine rings is 1. The fraction of sp³-hybridized carbons (Fsp3) is 0.389. The third-order valence-corrected chi connectivity index (χ3v) is 5.06. The fourth-order valence-electron chi connectivity index (χ4n) is 3.02. The van der Waals surface area contributed by atoms with E-state index in [1.807, 2.05) is 19.1 Å². The summed E-state index contributed by atoms with van der Waals surface area (Å²) < 4.78 is 11.4. The molecule has 1 amide bonds. The lowest BCUT2D eigenvalue weighted by molar-refractivity contribution is -0.0330. The van der Waals surface area contributed by atoms with Gasteiger partial charge in [0.1, 0.15) is 5.76 Å². The summed E-state index contributed by atoms with van der Waals surface area (Å²) in [5.41, 5.74) is 7.31. The Morgan fingerprint density at radius 2 is 2.12 bits per heavy atom. The van der Waals surface area contributed by atoms with E-state index in [4.69, 9.17) is 38.1 Å². The minimum Gasteiger partial charge on any atom is -0.456 e. The van der Waals surface area contributed by atoms with Gasteiger partial charge in [0.15, 0.2) is 5.76 Å². The van der Waals surface area contributed by atoms with E-state index in [-0.39, 0.29) is 11.9 Å². The third kappa shape index (κ3) is 4.18. The number of furan rings is 1. The first-order valence-corrected chi connectivity index (χ1v) is 8.93. The van der Waals surface area contributed by atoms with Gasteiger partial charge in [-0.25, -0.2) is 0 Å². The van der Waals surface area contributed by atoms with Crippen LogP contribution in [0.4, 0.5) is 0 Å². The molecule has 1 fully saturated rings. The molecule has 1 aromatic heterocycles. The highest BCUT2D eigenvalue weighted by Gasteiger charge is 2.24. The molecule has 5 nitrogen and oxygen atoms in total. The number of hydrogen-bond acceptors (Lipinski definition) is 4. The molecule has 0 spiro atoms. The normalized spacial score (nSPS) is 18.4. The van der Waals surface area contributed by atoms with E-state index in [0.717, 1.165) is 30.0 Å². The van der Waals surface area contributed by atoms with Gasteiger partial charge in [-0.05, 0) is 23.8 Å². The van der Waals surface area contributed by atoms with E-state index in [9.17, 15) is 4.79 Å². The zero-order valence-corrected chi connectivity index (χ0v) is 15.4. The molecule has 1 unspecified atom stereocenters. The minimum absolute atomic E-state index is 0.0731. The van der Waals surface area contributed by atoms with Gasteiger partial charge in [0.25, 0.3) is 5.91 Å². The summed E-state index contributed by atoms with van der Waals surface area (Å²) in [6, 6.07) is 7.30. The van der Waals surface area contributed by atoms with Crippen LogP contribution in [0.15, 0.2) is 28.7 Å². The maximum atomic E-state index is 11.3. The Bertz CT molecular complexity index is 776. The zero-order chi connectivity index (χ0) is 18.0. The molecule has 1 aromatic carbocycles. The average Bonchev–Trinajstić information content (AvgIpc) is 3.01. The molecule has 1 aliphatic heterocycles. The van der Waals surface area contributed by atoms with E-state index >= 15 is 0 Å². The lowest BCUT2D eigenvalue weighted by atomic mass is 10.1. The van der Waals surface area contributed by atoms with Crippen LogP contribution < -0.4 is 5.73 Å². The van der Waals surface area contributed by atoms with Gasteiger partial charge in [-0.2, -0.15) is 0 Å². The summed E-state index contributed by atoms with van der Waals surface area (Å²) >= 11 is 12.1. The number of benzene rings is 1. The Morgan fingerprint density at radius 1 is 1.32 bits per heavy atom. The van der Waals surface area contributed by atoms with Crippen LogP contribution in [0.5, 0.6) is 0 Å². The van der Waals surface area contributed by atoms with E-state index in [0.29, 0.717) is 29.6 Å². The first-order valence-electron chi connectivity index (χ1n) is 8.18. The second kappa shape index (κ2) is 7.79. The van der Waals surface area contributed by atoms with Gasteiger partial charge in [0, 0.05) is 31.6 Å². The van der Waals surface area contributed by atoms with Crippen LogP contribution >= 0.6 is 23.2 Å². The van der Waals surface area contributed by atoms with Crippen molar-refractivity contribution in [2.45, 2.75) is 26.0 Å². The number of rotatable bonds is 5. The van der Waals surface area contributed by atoms with Crippen LogP contribution in [0.1, 0.15) is 40.5 Å². The Kier molecular flexibility index (Phi) is 5.69. The molecule has 2 aromatic rings. The summed E-state index contributed by atoms with van der Waals surface area (Å²) in [6.45, 7) is 4.81. The summed E-state index contributed by atoms with van der Waals surface area (Å²) in [7, 11) is 0. The number of ether oxygens (including phenoxy) is 1. The molecular weight excluding hydrogens is 363 g/mol. The molecular formula is C18H20Cl2N2O3. The third-order valence-electron chi connectivity index (χ3n) is 4.32. The largest absolute Gasteiger partial charge is 0.456 e. The monoisotopic (exact) mass is 382 g/mol. The van der Waals surface area contributed by atoms with E-state index in [2.05, 4.69) is 4.90 Å². The van der Waals surface area contributed by atoms with Crippen LogP contribution in [0, 0.1) is 0 Å². The van der Waals surface area contributed by atoms with Gasteiger partial charge in [-0.3, -0.25) is 9.69 Å². The Labute approximate surface area is 156 Å². The van der Waals surface area contributed by atoms with Crippen molar-refractivity contribution >= 4 is 29.1 Å². The highest BCUT2D eigenvalue weighted by atomic mass is 35.5. The smallest absolute Gasteiger partial charge is 0.284 e. The van der Waals surface area contributed by atoms with Crippen molar-refractivity contribution in [3.05, 3.63) is 57.0 Å². The van der Waals surface area contributed by atoms with Crippen LogP contribution in [0.3, 0.4) is 0 Å². The predicted molar refractivity (Wildman–Crippen MR) is 97.0 cm³/mol. The molecule has 25 heavy (non-hydrogen) atoms. The molecule has 0 aliphatic carbocycles. The number of nitrogens with zero attached hydrogens (tertiary/aromatic N) is 1. The van der Waals surface area contributed by atoms with Crippen molar-refractivity contribution in [1.29, 1.82) is 0 Å². The van der Waals surface area contributed by atoms with Gasteiger partial charge in [0.2, 0.25) is 0 Å². The maximum absolute atomic E-state index is 11.3. The van der Waals surface area contributed by atoms with Gasteiger partial charge in [0.05, 0.1) is 22.8 Å². The van der Waals surface area contributed by atoms with Gasteiger partial charge in [-0.1, -0.05) is 36.2 Å². The second-order valence-electron chi connectivity index (χ2n) is 6.04. The molecule has 0 bridgehead atoms. The number of amides is 1. The molecule has 1 aliphatic rings. The lowest BCUT2D eigenvalue weighted by Gasteiger charge is -2.33. The van der Waals surface area contributed by atoms with E-state index in [1.54, 1.807) is 12.1 Å². The maximum Gasteiger partial charge on any atom is 0.284 e. The highest BCUT2D eigenvalue weighted by Crippen LogP contribution is 2.30. The second-order valence-corrected chi connectivity index (χ2v) is 6.86. The topological polar surface area (TPSA) is 68.7 Å². The molecule has 0 radical (unpaired) electrons. The Morgan fingerprint density at radius 3 is 2.80 bits per heavy atom. The van der Waals surface area contributed by atoms with Crippen LogP contribution in [-0.4, -0.2) is 30.5 Å². The number of carbonyl (C=O) groups excluding carboxylic acids is 1. The van der Waals surface area contributed by atoms with Crippen molar-refractivity contribution in [3.8, 4) is 0 Å². The standard InChI is InChI=1S/C18H20Cl2N2O3/c1-2-15-12(8-16(25-15)18(21)23)9-22-5-6-24-17(10-22)11-3-4-13(19)14(20)7-11/h3-4,7-8,17H,2,5-6,9-10H2,1H3,(H2,21,23). The van der Waals surface area contributed by atoms with Crippen LogP contribution in [0.2, 0.25) is 10.0 Å². The number of halogens is 2. The summed E-state index contributed by atoms with van der Waals surface area (Å²) in [6.07, 6.45) is 0.638. The molecule has 1 atom stereocenters.